The third kappa shape index (κ3) is 4.10. The molecule has 0 radical (unpaired) electrons. The van der Waals surface area contributed by atoms with Gasteiger partial charge in [-0.15, -0.1) is 0 Å². The minimum Gasteiger partial charge on any atom is -0.479 e. The van der Waals surface area contributed by atoms with E-state index in [0.717, 1.165) is 9.37 Å². The number of carboxylic acids is 1. The molecule has 1 rings (SSSR count). The quantitative estimate of drug-likeness (QED) is 0.844. The van der Waals surface area contributed by atoms with Crippen LogP contribution < -0.4 is 0 Å². The Morgan fingerprint density at radius 2 is 2.05 bits per heavy atom. The van der Waals surface area contributed by atoms with Crippen molar-refractivity contribution in [1.82, 2.24) is 4.90 Å². The minimum absolute atomic E-state index is 0.0375. The fraction of sp³-hybridized carbons (Fsp3) is 0.231. The van der Waals surface area contributed by atoms with Gasteiger partial charge in [0, 0.05) is 11.5 Å². The fourth-order valence-corrected chi connectivity index (χ4v) is 1.78. The van der Waals surface area contributed by atoms with Crippen molar-refractivity contribution < 1.29 is 19.4 Å². The summed E-state index contributed by atoms with van der Waals surface area (Å²) in [6, 6.07) is 5.62. The van der Waals surface area contributed by atoms with Crippen molar-refractivity contribution in [2.45, 2.75) is 6.04 Å². The van der Waals surface area contributed by atoms with Crippen LogP contribution in [0.3, 0.4) is 0 Å². The standard InChI is InChI=1S/C13H14BrNO4/c1-3-8-19-13(18)15(2)11(12(16)17)9-4-6-10(14)7-5-9/h3-7,11H,1,8H2,2H3,(H,16,17). The van der Waals surface area contributed by atoms with Crippen molar-refractivity contribution >= 4 is 28.0 Å². The molecule has 0 spiro atoms. The van der Waals surface area contributed by atoms with Crippen LogP contribution in [-0.2, 0) is 9.53 Å². The SMILES string of the molecule is C=CCOC(=O)N(C)C(C(=O)O)c1ccc(Br)cc1. The zero-order chi connectivity index (χ0) is 14.4. The van der Waals surface area contributed by atoms with Crippen LogP contribution in [0.2, 0.25) is 0 Å². The van der Waals surface area contributed by atoms with Crippen molar-refractivity contribution in [3.63, 3.8) is 0 Å². The third-order valence-corrected chi connectivity index (χ3v) is 2.95. The molecule has 0 saturated heterocycles. The molecule has 1 unspecified atom stereocenters. The topological polar surface area (TPSA) is 66.8 Å². The van der Waals surface area contributed by atoms with Gasteiger partial charge in [0.2, 0.25) is 0 Å². The Balaban J connectivity index is 2.94. The molecule has 1 amide bonds. The van der Waals surface area contributed by atoms with Gasteiger partial charge in [0.05, 0.1) is 0 Å². The third-order valence-electron chi connectivity index (χ3n) is 2.42. The van der Waals surface area contributed by atoms with E-state index in [0.29, 0.717) is 5.56 Å². The molecule has 0 fully saturated rings. The van der Waals surface area contributed by atoms with E-state index in [2.05, 4.69) is 22.5 Å². The van der Waals surface area contributed by atoms with E-state index in [1.807, 2.05) is 0 Å². The molecule has 1 N–H and O–H groups in total. The molecule has 0 saturated carbocycles. The lowest BCUT2D eigenvalue weighted by Crippen LogP contribution is -2.36. The Morgan fingerprint density at radius 3 is 2.53 bits per heavy atom. The highest BCUT2D eigenvalue weighted by atomic mass is 79.9. The van der Waals surface area contributed by atoms with Gasteiger partial charge in [0.15, 0.2) is 6.04 Å². The molecule has 0 bridgehead atoms. The Labute approximate surface area is 119 Å². The van der Waals surface area contributed by atoms with Crippen molar-refractivity contribution in [1.29, 1.82) is 0 Å². The van der Waals surface area contributed by atoms with E-state index in [1.165, 1.54) is 13.1 Å². The molecule has 19 heavy (non-hydrogen) atoms. The summed E-state index contributed by atoms with van der Waals surface area (Å²) in [5.41, 5.74) is 0.494. The molecular formula is C13H14BrNO4. The summed E-state index contributed by atoms with van der Waals surface area (Å²) in [5, 5.41) is 9.26. The van der Waals surface area contributed by atoms with E-state index in [9.17, 15) is 14.7 Å². The van der Waals surface area contributed by atoms with Crippen molar-refractivity contribution in [3.8, 4) is 0 Å². The van der Waals surface area contributed by atoms with Crippen molar-refractivity contribution in [3.05, 3.63) is 47.0 Å². The van der Waals surface area contributed by atoms with Crippen LogP contribution in [0.1, 0.15) is 11.6 Å². The second-order valence-corrected chi connectivity index (χ2v) is 4.68. The first-order valence-corrected chi connectivity index (χ1v) is 6.25. The molecule has 0 heterocycles. The first-order valence-electron chi connectivity index (χ1n) is 5.46. The van der Waals surface area contributed by atoms with Crippen LogP contribution in [0.15, 0.2) is 41.4 Å². The number of halogens is 1. The summed E-state index contributed by atoms with van der Waals surface area (Å²) < 4.78 is 5.66. The summed E-state index contributed by atoms with van der Waals surface area (Å²) in [7, 11) is 1.38. The van der Waals surface area contributed by atoms with Crippen LogP contribution >= 0.6 is 15.9 Å². The maximum atomic E-state index is 11.7. The van der Waals surface area contributed by atoms with Crippen molar-refractivity contribution in [2.75, 3.05) is 13.7 Å². The molecule has 0 aliphatic heterocycles. The van der Waals surface area contributed by atoms with Gasteiger partial charge in [-0.05, 0) is 17.7 Å². The first-order chi connectivity index (χ1) is 8.97. The number of ether oxygens (including phenoxy) is 1. The zero-order valence-electron chi connectivity index (χ0n) is 10.4. The van der Waals surface area contributed by atoms with Gasteiger partial charge in [-0.2, -0.15) is 0 Å². The van der Waals surface area contributed by atoms with E-state index < -0.39 is 18.1 Å². The average Bonchev–Trinajstić information content (AvgIpc) is 2.38. The second kappa shape index (κ2) is 6.94. The molecule has 1 aromatic rings. The highest BCUT2D eigenvalue weighted by molar-refractivity contribution is 9.10. The number of likely N-dealkylation sites (N-methyl/N-ethyl adjacent to an activating group) is 1. The smallest absolute Gasteiger partial charge is 0.410 e. The van der Waals surface area contributed by atoms with E-state index in [1.54, 1.807) is 24.3 Å². The van der Waals surface area contributed by atoms with Crippen LogP contribution in [0.4, 0.5) is 4.79 Å². The molecular weight excluding hydrogens is 314 g/mol. The molecule has 0 aliphatic carbocycles. The number of hydrogen-bond acceptors (Lipinski definition) is 3. The first kappa shape index (κ1) is 15.2. The maximum Gasteiger partial charge on any atom is 0.410 e. The van der Waals surface area contributed by atoms with Gasteiger partial charge in [0.1, 0.15) is 6.61 Å². The van der Waals surface area contributed by atoms with Crippen LogP contribution in [0.25, 0.3) is 0 Å². The number of carboxylic acid groups (broad SMARTS) is 1. The maximum absolute atomic E-state index is 11.7. The molecule has 102 valence electrons. The Bertz CT molecular complexity index is 472. The number of nitrogens with zero attached hydrogens (tertiary/aromatic N) is 1. The largest absolute Gasteiger partial charge is 0.479 e. The summed E-state index contributed by atoms with van der Waals surface area (Å²) in [6.07, 6.45) is 0.705. The van der Waals surface area contributed by atoms with Gasteiger partial charge in [-0.3, -0.25) is 4.90 Å². The number of carbonyl (C=O) groups excluding carboxylic acids is 1. The lowest BCUT2D eigenvalue weighted by atomic mass is 10.1. The highest BCUT2D eigenvalue weighted by Gasteiger charge is 2.29. The fourth-order valence-electron chi connectivity index (χ4n) is 1.51. The summed E-state index contributed by atoms with van der Waals surface area (Å²) in [4.78, 5) is 24.0. The monoisotopic (exact) mass is 327 g/mol. The molecule has 0 aromatic heterocycles. The number of benzene rings is 1. The predicted molar refractivity (Wildman–Crippen MR) is 73.8 cm³/mol. The Kier molecular flexibility index (Phi) is 5.57. The van der Waals surface area contributed by atoms with Crippen LogP contribution in [0.5, 0.6) is 0 Å². The van der Waals surface area contributed by atoms with E-state index in [4.69, 9.17) is 4.74 Å². The lowest BCUT2D eigenvalue weighted by molar-refractivity contribution is -0.142. The molecule has 6 heteroatoms. The second-order valence-electron chi connectivity index (χ2n) is 3.77. The number of amides is 1. The van der Waals surface area contributed by atoms with Gasteiger partial charge in [-0.25, -0.2) is 9.59 Å². The van der Waals surface area contributed by atoms with Crippen LogP contribution in [0, 0.1) is 0 Å². The zero-order valence-corrected chi connectivity index (χ0v) is 12.0. The normalized spacial score (nSPS) is 11.5. The number of aliphatic carboxylic acids is 1. The Hall–Kier alpha value is -1.82. The van der Waals surface area contributed by atoms with Crippen molar-refractivity contribution in [2.24, 2.45) is 0 Å². The van der Waals surface area contributed by atoms with Gasteiger partial charge in [-0.1, -0.05) is 40.7 Å². The average molecular weight is 328 g/mol. The van der Waals surface area contributed by atoms with Gasteiger partial charge in [0.25, 0.3) is 0 Å². The summed E-state index contributed by atoms with van der Waals surface area (Å²) >= 11 is 3.27. The Morgan fingerprint density at radius 1 is 1.47 bits per heavy atom. The van der Waals surface area contributed by atoms with Gasteiger partial charge >= 0.3 is 12.1 Å². The van der Waals surface area contributed by atoms with Gasteiger partial charge < -0.3 is 9.84 Å². The summed E-state index contributed by atoms with van der Waals surface area (Å²) in [5.74, 6) is -1.12. The predicted octanol–water partition coefficient (Wildman–Crippen LogP) is 2.83. The summed E-state index contributed by atoms with van der Waals surface area (Å²) in [6.45, 7) is 3.46. The lowest BCUT2D eigenvalue weighted by Gasteiger charge is -2.24. The number of hydrogen-bond donors (Lipinski definition) is 1. The highest BCUT2D eigenvalue weighted by Crippen LogP contribution is 2.22. The van der Waals surface area contributed by atoms with E-state index >= 15 is 0 Å². The molecule has 0 aliphatic rings. The van der Waals surface area contributed by atoms with E-state index in [-0.39, 0.29) is 6.61 Å². The number of carbonyl (C=O) groups is 2. The van der Waals surface area contributed by atoms with Crippen LogP contribution in [-0.4, -0.2) is 35.7 Å². The molecule has 1 aromatic carbocycles. The minimum atomic E-state index is -1.12. The molecule has 1 atom stereocenters. The number of rotatable bonds is 5. The molecule has 5 nitrogen and oxygen atoms in total.